The number of nitrogens with two attached hydrogens (primary N) is 1. The van der Waals surface area contributed by atoms with Gasteiger partial charge in [0.15, 0.2) is 5.16 Å². The van der Waals surface area contributed by atoms with Crippen LogP contribution in [-0.4, -0.2) is 29.3 Å². The SMILES string of the molecule is CCC1CCCN(c2cc(NN)nc(SC)n2)C1. The Balaban J connectivity index is 2.20. The fourth-order valence-electron chi connectivity index (χ4n) is 2.35. The van der Waals surface area contributed by atoms with E-state index in [1.807, 2.05) is 12.3 Å². The van der Waals surface area contributed by atoms with Crippen LogP contribution in [0, 0.1) is 5.92 Å². The Kier molecular flexibility index (Phi) is 4.66. The molecule has 2 heterocycles. The van der Waals surface area contributed by atoms with Gasteiger partial charge in [0.05, 0.1) is 0 Å². The molecule has 0 bridgehead atoms. The third-order valence-corrected chi connectivity index (χ3v) is 3.99. The molecule has 1 aromatic rings. The van der Waals surface area contributed by atoms with Gasteiger partial charge in [0, 0.05) is 19.2 Å². The summed E-state index contributed by atoms with van der Waals surface area (Å²) in [5.41, 5.74) is 2.62. The number of nitrogen functional groups attached to an aromatic ring is 1. The molecule has 1 aliphatic rings. The summed E-state index contributed by atoms with van der Waals surface area (Å²) < 4.78 is 0. The van der Waals surface area contributed by atoms with E-state index in [9.17, 15) is 0 Å². The van der Waals surface area contributed by atoms with Gasteiger partial charge in [0.1, 0.15) is 11.6 Å². The number of hydrazine groups is 1. The van der Waals surface area contributed by atoms with E-state index in [0.717, 1.165) is 30.0 Å². The highest BCUT2D eigenvalue weighted by atomic mass is 32.2. The second kappa shape index (κ2) is 6.24. The van der Waals surface area contributed by atoms with Crippen LogP contribution in [-0.2, 0) is 0 Å². The smallest absolute Gasteiger partial charge is 0.191 e. The van der Waals surface area contributed by atoms with Crippen LogP contribution in [0.1, 0.15) is 26.2 Å². The van der Waals surface area contributed by atoms with Crippen molar-refractivity contribution in [2.24, 2.45) is 11.8 Å². The lowest BCUT2D eigenvalue weighted by Gasteiger charge is -2.33. The molecule has 100 valence electrons. The van der Waals surface area contributed by atoms with E-state index in [4.69, 9.17) is 5.84 Å². The predicted octanol–water partition coefficient (Wildman–Crippen LogP) is 2.11. The molecule has 1 aromatic heterocycles. The molecule has 5 nitrogen and oxygen atoms in total. The molecule has 0 aromatic carbocycles. The van der Waals surface area contributed by atoms with Crippen molar-refractivity contribution in [3.05, 3.63) is 6.07 Å². The number of nitrogens with zero attached hydrogens (tertiary/aromatic N) is 3. The molecule has 1 saturated heterocycles. The van der Waals surface area contributed by atoms with Crippen molar-refractivity contribution in [1.82, 2.24) is 9.97 Å². The number of piperidine rings is 1. The van der Waals surface area contributed by atoms with Crippen molar-refractivity contribution in [2.75, 3.05) is 29.7 Å². The molecule has 1 fully saturated rings. The molecule has 0 spiro atoms. The first-order valence-corrected chi connectivity index (χ1v) is 7.64. The molecule has 3 N–H and O–H groups in total. The van der Waals surface area contributed by atoms with Crippen LogP contribution in [0.25, 0.3) is 0 Å². The summed E-state index contributed by atoms with van der Waals surface area (Å²) in [5, 5.41) is 0.763. The van der Waals surface area contributed by atoms with E-state index in [-0.39, 0.29) is 0 Å². The number of nitrogens with one attached hydrogen (secondary N) is 1. The van der Waals surface area contributed by atoms with Gasteiger partial charge in [-0.25, -0.2) is 15.8 Å². The van der Waals surface area contributed by atoms with E-state index in [1.165, 1.54) is 31.0 Å². The van der Waals surface area contributed by atoms with E-state index >= 15 is 0 Å². The Labute approximate surface area is 113 Å². The Hall–Kier alpha value is -1.01. The van der Waals surface area contributed by atoms with Gasteiger partial charge in [0.25, 0.3) is 0 Å². The predicted molar refractivity (Wildman–Crippen MR) is 76.9 cm³/mol. The average molecular weight is 267 g/mol. The lowest BCUT2D eigenvalue weighted by molar-refractivity contribution is 0.402. The van der Waals surface area contributed by atoms with E-state index in [1.54, 1.807) is 0 Å². The van der Waals surface area contributed by atoms with Crippen LogP contribution >= 0.6 is 11.8 Å². The van der Waals surface area contributed by atoms with Crippen molar-refractivity contribution >= 4 is 23.4 Å². The second-order valence-electron chi connectivity index (χ2n) is 4.60. The number of hydrogen-bond acceptors (Lipinski definition) is 6. The number of hydrogen-bond donors (Lipinski definition) is 2. The van der Waals surface area contributed by atoms with Crippen molar-refractivity contribution in [3.63, 3.8) is 0 Å². The van der Waals surface area contributed by atoms with Crippen molar-refractivity contribution in [3.8, 4) is 0 Å². The first-order valence-electron chi connectivity index (χ1n) is 6.41. The van der Waals surface area contributed by atoms with Gasteiger partial charge in [-0.2, -0.15) is 0 Å². The zero-order chi connectivity index (χ0) is 13.0. The summed E-state index contributed by atoms with van der Waals surface area (Å²) in [6.07, 6.45) is 5.78. The number of aromatic nitrogens is 2. The quantitative estimate of drug-likeness (QED) is 0.377. The second-order valence-corrected chi connectivity index (χ2v) is 5.38. The van der Waals surface area contributed by atoms with Crippen LogP contribution < -0.4 is 16.2 Å². The highest BCUT2D eigenvalue weighted by Gasteiger charge is 2.20. The molecule has 1 unspecified atom stereocenters. The van der Waals surface area contributed by atoms with Gasteiger partial charge in [0.2, 0.25) is 0 Å². The molecule has 0 aliphatic carbocycles. The van der Waals surface area contributed by atoms with Crippen molar-refractivity contribution in [2.45, 2.75) is 31.3 Å². The minimum atomic E-state index is 0.683. The van der Waals surface area contributed by atoms with Gasteiger partial charge in [-0.05, 0) is 25.0 Å². The lowest BCUT2D eigenvalue weighted by Crippen LogP contribution is -2.35. The van der Waals surface area contributed by atoms with Crippen molar-refractivity contribution in [1.29, 1.82) is 0 Å². The van der Waals surface area contributed by atoms with Crippen LogP contribution in [0.3, 0.4) is 0 Å². The third kappa shape index (κ3) is 3.05. The zero-order valence-electron chi connectivity index (χ0n) is 11.0. The summed E-state index contributed by atoms with van der Waals surface area (Å²) in [4.78, 5) is 11.2. The summed E-state index contributed by atoms with van der Waals surface area (Å²) >= 11 is 1.54. The third-order valence-electron chi connectivity index (χ3n) is 3.44. The Morgan fingerprint density at radius 1 is 1.56 bits per heavy atom. The molecule has 0 radical (unpaired) electrons. The molecule has 2 rings (SSSR count). The fourth-order valence-corrected chi connectivity index (χ4v) is 2.72. The molecule has 6 heteroatoms. The number of anilines is 2. The highest BCUT2D eigenvalue weighted by molar-refractivity contribution is 7.98. The summed E-state index contributed by atoms with van der Waals surface area (Å²) in [5.74, 6) is 7.91. The maximum atomic E-state index is 5.46. The van der Waals surface area contributed by atoms with Gasteiger partial charge >= 0.3 is 0 Å². The van der Waals surface area contributed by atoms with E-state index in [2.05, 4.69) is 27.2 Å². The van der Waals surface area contributed by atoms with Gasteiger partial charge in [-0.3, -0.25) is 0 Å². The molecular formula is C12H21N5S. The average Bonchev–Trinajstić information content (AvgIpc) is 2.46. The van der Waals surface area contributed by atoms with Crippen LogP contribution in [0.4, 0.5) is 11.6 Å². The summed E-state index contributed by atoms with van der Waals surface area (Å²) in [6, 6.07) is 1.93. The standard InChI is InChI=1S/C12H21N5S/c1-3-9-5-4-6-17(8-9)11-7-10(16-13)14-12(15-11)18-2/h7,9H,3-6,8,13H2,1-2H3,(H,14,15,16). The van der Waals surface area contributed by atoms with Crippen LogP contribution in [0.15, 0.2) is 11.2 Å². The molecule has 0 saturated carbocycles. The molecule has 0 amide bonds. The molecule has 1 aliphatic heterocycles. The topological polar surface area (TPSA) is 67.1 Å². The minimum absolute atomic E-state index is 0.683. The maximum absolute atomic E-state index is 5.46. The highest BCUT2D eigenvalue weighted by Crippen LogP contribution is 2.26. The normalized spacial score (nSPS) is 19.9. The summed E-state index contributed by atoms with van der Waals surface area (Å²) in [7, 11) is 0. The first-order chi connectivity index (χ1) is 8.76. The number of thioether (sulfide) groups is 1. The molecular weight excluding hydrogens is 246 g/mol. The van der Waals surface area contributed by atoms with Crippen LogP contribution in [0.5, 0.6) is 0 Å². The molecule has 1 atom stereocenters. The maximum Gasteiger partial charge on any atom is 0.191 e. The van der Waals surface area contributed by atoms with Crippen molar-refractivity contribution < 1.29 is 0 Å². The first kappa shape index (κ1) is 13.4. The van der Waals surface area contributed by atoms with E-state index in [0.29, 0.717) is 5.82 Å². The number of rotatable bonds is 4. The Bertz CT molecular complexity index is 376. The van der Waals surface area contributed by atoms with Crippen LogP contribution in [0.2, 0.25) is 0 Å². The monoisotopic (exact) mass is 267 g/mol. The van der Waals surface area contributed by atoms with E-state index < -0.39 is 0 Å². The largest absolute Gasteiger partial charge is 0.356 e. The summed E-state index contributed by atoms with van der Waals surface area (Å²) in [6.45, 7) is 4.42. The van der Waals surface area contributed by atoms with Gasteiger partial charge in [-0.15, -0.1) is 0 Å². The lowest BCUT2D eigenvalue weighted by atomic mass is 9.96. The minimum Gasteiger partial charge on any atom is -0.356 e. The van der Waals surface area contributed by atoms with Gasteiger partial charge < -0.3 is 10.3 Å². The zero-order valence-corrected chi connectivity index (χ0v) is 11.8. The fraction of sp³-hybridized carbons (Fsp3) is 0.667. The van der Waals surface area contributed by atoms with Gasteiger partial charge in [-0.1, -0.05) is 25.1 Å². The molecule has 18 heavy (non-hydrogen) atoms. The Morgan fingerprint density at radius 2 is 2.39 bits per heavy atom. The Morgan fingerprint density at radius 3 is 3.06 bits per heavy atom.